The Labute approximate surface area is 192 Å². The Hall–Kier alpha value is -2.34. The van der Waals surface area contributed by atoms with Crippen molar-refractivity contribution in [2.75, 3.05) is 18.6 Å². The van der Waals surface area contributed by atoms with Crippen LogP contribution in [0.25, 0.3) is 0 Å². The van der Waals surface area contributed by atoms with Crippen LogP contribution in [0, 0.1) is 5.92 Å². The number of nitrogens with one attached hydrogen (secondary N) is 2. The molecule has 0 aromatic carbocycles. The average Bonchev–Trinajstić information content (AvgIpc) is 3.23. The second-order valence-electron chi connectivity index (χ2n) is 8.02. The first-order valence-electron chi connectivity index (χ1n) is 10.7. The van der Waals surface area contributed by atoms with Crippen molar-refractivity contribution in [2.45, 2.75) is 70.1 Å². The fourth-order valence-electron chi connectivity index (χ4n) is 3.50. The Bertz CT molecular complexity index is 706. The molecule has 32 heavy (non-hydrogen) atoms. The van der Waals surface area contributed by atoms with Crippen molar-refractivity contribution in [1.82, 2.24) is 15.5 Å². The van der Waals surface area contributed by atoms with E-state index >= 15 is 0 Å². The lowest BCUT2D eigenvalue weighted by Gasteiger charge is -2.29. The highest BCUT2D eigenvalue weighted by Crippen LogP contribution is 2.19. The van der Waals surface area contributed by atoms with Crippen LogP contribution in [0.4, 0.5) is 0 Å². The zero-order chi connectivity index (χ0) is 24.4. The molecular formula is C20H35N5O6S. The highest BCUT2D eigenvalue weighted by atomic mass is 32.2. The van der Waals surface area contributed by atoms with Crippen molar-refractivity contribution >= 4 is 41.4 Å². The third-order valence-corrected chi connectivity index (χ3v) is 6.25. The summed E-state index contributed by atoms with van der Waals surface area (Å²) in [5.41, 5.74) is 11.2. The molecule has 182 valence electrons. The summed E-state index contributed by atoms with van der Waals surface area (Å²) in [6.45, 7) is 3.82. The number of nitrogens with two attached hydrogens (primary N) is 2. The van der Waals surface area contributed by atoms with Gasteiger partial charge in [0, 0.05) is 6.54 Å². The van der Waals surface area contributed by atoms with Gasteiger partial charge in [0.1, 0.15) is 18.1 Å². The molecule has 12 heteroatoms. The molecule has 7 N–H and O–H groups in total. The van der Waals surface area contributed by atoms with Crippen LogP contribution in [0.1, 0.15) is 46.0 Å². The maximum absolute atomic E-state index is 12.9. The number of amides is 4. The molecule has 5 unspecified atom stereocenters. The van der Waals surface area contributed by atoms with Gasteiger partial charge < -0.3 is 32.1 Å². The molecule has 0 saturated carbocycles. The van der Waals surface area contributed by atoms with Crippen LogP contribution < -0.4 is 22.1 Å². The second-order valence-corrected chi connectivity index (χ2v) is 9.00. The van der Waals surface area contributed by atoms with Gasteiger partial charge in [-0.3, -0.25) is 19.2 Å². The van der Waals surface area contributed by atoms with E-state index in [9.17, 15) is 29.1 Å². The summed E-state index contributed by atoms with van der Waals surface area (Å²) < 4.78 is 0. The monoisotopic (exact) mass is 473 g/mol. The van der Waals surface area contributed by atoms with Crippen LogP contribution in [0.15, 0.2) is 0 Å². The van der Waals surface area contributed by atoms with E-state index in [0.717, 1.165) is 0 Å². The van der Waals surface area contributed by atoms with Crippen molar-refractivity contribution in [1.29, 1.82) is 0 Å². The lowest BCUT2D eigenvalue weighted by Crippen LogP contribution is -2.58. The SMILES string of the molecule is CCC(C)C(NC(=O)C(CC(N)=O)NC(=O)C1CCCN1C(=O)C(N)CCSC)C(=O)O. The normalized spacial score (nSPS) is 19.5. The first-order valence-corrected chi connectivity index (χ1v) is 12.1. The van der Waals surface area contributed by atoms with Crippen molar-refractivity contribution in [2.24, 2.45) is 17.4 Å². The molecule has 11 nitrogen and oxygen atoms in total. The van der Waals surface area contributed by atoms with Crippen molar-refractivity contribution in [3.8, 4) is 0 Å². The van der Waals surface area contributed by atoms with E-state index in [-0.39, 0.29) is 11.8 Å². The number of nitrogens with zero attached hydrogens (tertiary/aromatic N) is 1. The van der Waals surface area contributed by atoms with Gasteiger partial charge >= 0.3 is 5.97 Å². The Balaban J connectivity index is 2.92. The summed E-state index contributed by atoms with van der Waals surface area (Å²) in [4.78, 5) is 62.7. The van der Waals surface area contributed by atoms with Gasteiger partial charge in [-0.2, -0.15) is 11.8 Å². The third kappa shape index (κ3) is 7.97. The first kappa shape index (κ1) is 27.7. The first-order chi connectivity index (χ1) is 15.0. The molecule has 1 saturated heterocycles. The molecule has 0 radical (unpaired) electrons. The summed E-state index contributed by atoms with van der Waals surface area (Å²) in [5, 5.41) is 14.3. The quantitative estimate of drug-likeness (QED) is 0.226. The van der Waals surface area contributed by atoms with E-state index in [1.807, 2.05) is 6.26 Å². The second kappa shape index (κ2) is 13.3. The fourth-order valence-corrected chi connectivity index (χ4v) is 3.99. The lowest BCUT2D eigenvalue weighted by molar-refractivity contribution is -0.144. The Morgan fingerprint density at radius 2 is 1.88 bits per heavy atom. The number of carboxylic acid groups (broad SMARTS) is 1. The summed E-state index contributed by atoms with van der Waals surface area (Å²) in [6.07, 6.45) is 3.37. The molecule has 0 aromatic rings. The van der Waals surface area contributed by atoms with Gasteiger partial charge in [-0.25, -0.2) is 4.79 Å². The van der Waals surface area contributed by atoms with E-state index < -0.39 is 54.3 Å². The zero-order valence-electron chi connectivity index (χ0n) is 18.8. The zero-order valence-corrected chi connectivity index (χ0v) is 19.7. The molecule has 1 aliphatic heterocycles. The van der Waals surface area contributed by atoms with Crippen LogP contribution in [0.2, 0.25) is 0 Å². The van der Waals surface area contributed by atoms with Crippen molar-refractivity contribution in [3.05, 3.63) is 0 Å². The summed E-state index contributed by atoms with van der Waals surface area (Å²) in [6, 6.07) is -4.09. The van der Waals surface area contributed by atoms with Gasteiger partial charge in [0.15, 0.2) is 0 Å². The van der Waals surface area contributed by atoms with Gasteiger partial charge in [0.2, 0.25) is 23.6 Å². The number of hydrogen-bond acceptors (Lipinski definition) is 7. The molecule has 0 spiro atoms. The molecule has 1 aliphatic rings. The molecule has 1 heterocycles. The minimum absolute atomic E-state index is 0.338. The van der Waals surface area contributed by atoms with E-state index in [1.165, 1.54) is 4.90 Å². The predicted molar refractivity (Wildman–Crippen MR) is 120 cm³/mol. The minimum atomic E-state index is -1.35. The molecule has 0 aliphatic carbocycles. The van der Waals surface area contributed by atoms with Crippen LogP contribution in [-0.4, -0.2) is 82.3 Å². The number of carbonyl (C=O) groups is 5. The Morgan fingerprint density at radius 1 is 1.22 bits per heavy atom. The average molecular weight is 474 g/mol. The van der Waals surface area contributed by atoms with Gasteiger partial charge in [-0.05, 0) is 37.2 Å². The number of carboxylic acids is 1. The number of likely N-dealkylation sites (tertiary alicyclic amines) is 1. The smallest absolute Gasteiger partial charge is 0.326 e. The Kier molecular flexibility index (Phi) is 11.5. The van der Waals surface area contributed by atoms with Gasteiger partial charge in [-0.1, -0.05) is 20.3 Å². The standard InChI is InChI=1S/C20H35N5O6S/c1-4-11(2)16(20(30)31)24-17(27)13(10-15(22)26)23-18(28)14-6-5-8-25(14)19(29)12(21)7-9-32-3/h11-14,16H,4-10,21H2,1-3H3,(H2,22,26)(H,23,28)(H,24,27)(H,30,31). The molecule has 0 bridgehead atoms. The lowest BCUT2D eigenvalue weighted by atomic mass is 9.98. The van der Waals surface area contributed by atoms with E-state index in [1.54, 1.807) is 25.6 Å². The number of aliphatic carboxylic acids is 1. The third-order valence-electron chi connectivity index (χ3n) is 5.60. The molecule has 0 aromatic heterocycles. The fraction of sp³-hybridized carbons (Fsp3) is 0.750. The van der Waals surface area contributed by atoms with Crippen LogP contribution >= 0.6 is 11.8 Å². The van der Waals surface area contributed by atoms with Gasteiger partial charge in [0.25, 0.3) is 0 Å². The Morgan fingerprint density at radius 3 is 2.41 bits per heavy atom. The number of thioether (sulfide) groups is 1. The van der Waals surface area contributed by atoms with E-state index in [0.29, 0.717) is 38.0 Å². The number of hydrogen-bond donors (Lipinski definition) is 5. The van der Waals surface area contributed by atoms with Crippen LogP contribution in [-0.2, 0) is 24.0 Å². The number of primary amides is 1. The van der Waals surface area contributed by atoms with Crippen molar-refractivity contribution in [3.63, 3.8) is 0 Å². The number of rotatable bonds is 13. The summed E-state index contributed by atoms with van der Waals surface area (Å²) >= 11 is 1.56. The maximum Gasteiger partial charge on any atom is 0.326 e. The van der Waals surface area contributed by atoms with Gasteiger partial charge in [0.05, 0.1) is 12.5 Å². The van der Waals surface area contributed by atoms with Crippen LogP contribution in [0.5, 0.6) is 0 Å². The largest absolute Gasteiger partial charge is 0.480 e. The van der Waals surface area contributed by atoms with E-state index in [2.05, 4.69) is 10.6 Å². The van der Waals surface area contributed by atoms with E-state index in [4.69, 9.17) is 11.5 Å². The predicted octanol–water partition coefficient (Wildman–Crippen LogP) is -0.966. The molecular weight excluding hydrogens is 438 g/mol. The highest BCUT2D eigenvalue weighted by molar-refractivity contribution is 7.98. The highest BCUT2D eigenvalue weighted by Gasteiger charge is 2.38. The van der Waals surface area contributed by atoms with Crippen molar-refractivity contribution < 1.29 is 29.1 Å². The van der Waals surface area contributed by atoms with Crippen LogP contribution in [0.3, 0.4) is 0 Å². The maximum atomic E-state index is 12.9. The molecule has 1 rings (SSSR count). The molecule has 5 atom stereocenters. The summed E-state index contributed by atoms with van der Waals surface area (Å²) in [7, 11) is 0. The van der Waals surface area contributed by atoms with Gasteiger partial charge in [-0.15, -0.1) is 0 Å². The molecule has 1 fully saturated rings. The summed E-state index contributed by atoms with van der Waals surface area (Å²) in [5.74, 6) is -3.48. The topological polar surface area (TPSA) is 185 Å². The number of carbonyl (C=O) groups excluding carboxylic acids is 4. The minimum Gasteiger partial charge on any atom is -0.480 e. The molecule has 4 amide bonds.